The normalized spacial score (nSPS) is 23.0. The molecule has 0 unspecified atom stereocenters. The van der Waals surface area contributed by atoms with Gasteiger partial charge in [-0.25, -0.2) is 4.79 Å². The predicted octanol–water partition coefficient (Wildman–Crippen LogP) is 1.38. The predicted molar refractivity (Wildman–Crippen MR) is 55.1 cm³/mol. The van der Waals surface area contributed by atoms with Gasteiger partial charge >= 0.3 is 5.97 Å². The van der Waals surface area contributed by atoms with E-state index < -0.39 is 18.2 Å². The fraction of sp³-hybridized carbons (Fsp3) is 0.727. The average molecular weight is 214 g/mol. The Labute approximate surface area is 89.9 Å². The van der Waals surface area contributed by atoms with E-state index in [1.165, 1.54) is 13.2 Å². The monoisotopic (exact) mass is 214 g/mol. The van der Waals surface area contributed by atoms with Crippen molar-refractivity contribution in [3.63, 3.8) is 0 Å². The first kappa shape index (κ1) is 12.0. The average Bonchev–Trinajstić information content (AvgIpc) is 2.24. The molecule has 1 heterocycles. The Morgan fingerprint density at radius 1 is 1.73 bits per heavy atom. The highest BCUT2D eigenvalue weighted by atomic mass is 16.6. The zero-order valence-corrected chi connectivity index (χ0v) is 9.23. The highest BCUT2D eigenvalue weighted by molar-refractivity contribution is 5.83. The molecule has 0 radical (unpaired) electrons. The van der Waals surface area contributed by atoms with Crippen LogP contribution in [0.5, 0.6) is 0 Å². The summed E-state index contributed by atoms with van der Waals surface area (Å²) >= 11 is 0. The van der Waals surface area contributed by atoms with Gasteiger partial charge in [-0.3, -0.25) is 0 Å². The number of methoxy groups -OCH3 is 1. The molecule has 1 N–H and O–H groups in total. The minimum absolute atomic E-state index is 0.432. The molecule has 1 aliphatic rings. The van der Waals surface area contributed by atoms with Crippen LogP contribution in [0.1, 0.15) is 32.6 Å². The third kappa shape index (κ3) is 3.55. The van der Waals surface area contributed by atoms with Crippen LogP contribution in [0.3, 0.4) is 0 Å². The Bertz CT molecular complexity index is 247. The van der Waals surface area contributed by atoms with Crippen LogP contribution in [-0.2, 0) is 14.3 Å². The summed E-state index contributed by atoms with van der Waals surface area (Å²) in [5.74, 6) is 0.144. The van der Waals surface area contributed by atoms with Crippen molar-refractivity contribution in [2.24, 2.45) is 0 Å². The molecule has 1 rings (SSSR count). The minimum Gasteiger partial charge on any atom is -0.501 e. The highest BCUT2D eigenvalue weighted by Gasteiger charge is 2.28. The highest BCUT2D eigenvalue weighted by Crippen LogP contribution is 2.21. The first-order valence-electron chi connectivity index (χ1n) is 5.30. The van der Waals surface area contributed by atoms with E-state index in [9.17, 15) is 9.90 Å². The number of aliphatic hydroxyl groups excluding tert-OH is 1. The summed E-state index contributed by atoms with van der Waals surface area (Å²) in [6, 6.07) is 0. The molecule has 4 nitrogen and oxygen atoms in total. The van der Waals surface area contributed by atoms with Crippen LogP contribution in [0.25, 0.3) is 0 Å². The molecule has 0 amide bonds. The molecular formula is C11H18O4. The standard InChI is InChI=1S/C11H18O4/c1-3-4-5-9(12)10-6-8(14-2)7-11(13)15-10/h7,9-10,12H,3-6H2,1-2H3/t9-,10+/m0/s1. The van der Waals surface area contributed by atoms with Crippen LogP contribution in [0.2, 0.25) is 0 Å². The molecule has 1 aliphatic heterocycles. The molecule has 0 spiro atoms. The maximum absolute atomic E-state index is 11.1. The lowest BCUT2D eigenvalue weighted by Gasteiger charge is -2.26. The second-order valence-corrected chi connectivity index (χ2v) is 3.70. The van der Waals surface area contributed by atoms with E-state index in [1.54, 1.807) is 0 Å². The summed E-state index contributed by atoms with van der Waals surface area (Å²) in [5.41, 5.74) is 0. The largest absolute Gasteiger partial charge is 0.501 e. The van der Waals surface area contributed by atoms with Crippen molar-refractivity contribution in [1.29, 1.82) is 0 Å². The maximum atomic E-state index is 11.1. The molecular weight excluding hydrogens is 196 g/mol. The van der Waals surface area contributed by atoms with E-state index in [1.807, 2.05) is 0 Å². The van der Waals surface area contributed by atoms with Crippen molar-refractivity contribution >= 4 is 5.97 Å². The van der Waals surface area contributed by atoms with Crippen LogP contribution in [0, 0.1) is 0 Å². The van der Waals surface area contributed by atoms with Crippen molar-refractivity contribution in [3.8, 4) is 0 Å². The van der Waals surface area contributed by atoms with Gasteiger partial charge in [0.15, 0.2) is 0 Å². The summed E-state index contributed by atoms with van der Waals surface area (Å²) in [5, 5.41) is 9.78. The first-order valence-corrected chi connectivity index (χ1v) is 5.30. The van der Waals surface area contributed by atoms with Crippen LogP contribution < -0.4 is 0 Å². The van der Waals surface area contributed by atoms with Crippen LogP contribution in [0.4, 0.5) is 0 Å². The van der Waals surface area contributed by atoms with Crippen molar-refractivity contribution in [3.05, 3.63) is 11.8 Å². The van der Waals surface area contributed by atoms with Crippen molar-refractivity contribution in [2.45, 2.75) is 44.8 Å². The Morgan fingerprint density at radius 3 is 3.07 bits per heavy atom. The van der Waals surface area contributed by atoms with E-state index in [-0.39, 0.29) is 0 Å². The summed E-state index contributed by atoms with van der Waals surface area (Å²) in [6.45, 7) is 2.06. The molecule has 2 atom stereocenters. The van der Waals surface area contributed by atoms with Crippen molar-refractivity contribution < 1.29 is 19.4 Å². The maximum Gasteiger partial charge on any atom is 0.334 e. The third-order valence-corrected chi connectivity index (χ3v) is 2.49. The Hall–Kier alpha value is -1.03. The molecule has 0 saturated heterocycles. The van der Waals surface area contributed by atoms with Gasteiger partial charge in [-0.1, -0.05) is 19.8 Å². The fourth-order valence-electron chi connectivity index (χ4n) is 1.57. The van der Waals surface area contributed by atoms with E-state index in [2.05, 4.69) is 6.92 Å². The number of ether oxygens (including phenoxy) is 2. The number of unbranched alkanes of at least 4 members (excludes halogenated alkanes) is 1. The quantitative estimate of drug-likeness (QED) is 0.702. The van der Waals surface area contributed by atoms with Gasteiger partial charge in [0.05, 0.1) is 19.3 Å². The van der Waals surface area contributed by atoms with Crippen LogP contribution in [0.15, 0.2) is 11.8 Å². The van der Waals surface area contributed by atoms with Gasteiger partial charge in [-0.05, 0) is 6.42 Å². The van der Waals surface area contributed by atoms with E-state index >= 15 is 0 Å². The Morgan fingerprint density at radius 2 is 2.47 bits per heavy atom. The van der Waals surface area contributed by atoms with Crippen molar-refractivity contribution in [2.75, 3.05) is 7.11 Å². The van der Waals surface area contributed by atoms with Gasteiger partial charge in [-0.2, -0.15) is 0 Å². The summed E-state index contributed by atoms with van der Waals surface area (Å²) < 4.78 is 10.0. The summed E-state index contributed by atoms with van der Waals surface area (Å²) in [4.78, 5) is 11.1. The van der Waals surface area contributed by atoms with E-state index in [0.717, 1.165) is 12.8 Å². The lowest BCUT2D eigenvalue weighted by atomic mass is 10.0. The number of carbonyl (C=O) groups excluding carboxylic acids is 1. The van der Waals surface area contributed by atoms with E-state index in [0.29, 0.717) is 18.6 Å². The molecule has 0 aromatic carbocycles. The topological polar surface area (TPSA) is 55.8 Å². The lowest BCUT2D eigenvalue weighted by molar-refractivity contribution is -0.152. The van der Waals surface area contributed by atoms with Gasteiger partial charge in [-0.15, -0.1) is 0 Å². The van der Waals surface area contributed by atoms with Crippen LogP contribution in [-0.4, -0.2) is 30.4 Å². The van der Waals surface area contributed by atoms with Gasteiger partial charge in [0.1, 0.15) is 11.9 Å². The molecule has 4 heteroatoms. The zero-order chi connectivity index (χ0) is 11.3. The molecule has 0 saturated carbocycles. The van der Waals surface area contributed by atoms with Gasteiger partial charge in [0.25, 0.3) is 0 Å². The third-order valence-electron chi connectivity index (χ3n) is 2.49. The van der Waals surface area contributed by atoms with Gasteiger partial charge in [0, 0.05) is 6.42 Å². The summed E-state index contributed by atoms with van der Waals surface area (Å²) in [6.07, 6.45) is 3.35. The SMILES string of the molecule is CCCC[C@H](O)[C@H]1CC(OC)=CC(=O)O1. The van der Waals surface area contributed by atoms with Gasteiger partial charge < -0.3 is 14.6 Å². The molecule has 0 aromatic rings. The first-order chi connectivity index (χ1) is 7.17. The number of carbonyl (C=O) groups is 1. The zero-order valence-electron chi connectivity index (χ0n) is 9.23. The second-order valence-electron chi connectivity index (χ2n) is 3.70. The fourth-order valence-corrected chi connectivity index (χ4v) is 1.57. The number of rotatable bonds is 5. The van der Waals surface area contributed by atoms with Gasteiger partial charge in [0.2, 0.25) is 0 Å². The number of hydrogen-bond donors (Lipinski definition) is 1. The molecule has 15 heavy (non-hydrogen) atoms. The number of aliphatic hydroxyl groups is 1. The smallest absolute Gasteiger partial charge is 0.334 e. The van der Waals surface area contributed by atoms with E-state index in [4.69, 9.17) is 9.47 Å². The molecule has 86 valence electrons. The molecule has 0 fully saturated rings. The Kier molecular flexibility index (Phi) is 4.62. The number of esters is 1. The summed E-state index contributed by atoms with van der Waals surface area (Å²) in [7, 11) is 1.51. The van der Waals surface area contributed by atoms with Crippen molar-refractivity contribution in [1.82, 2.24) is 0 Å². The molecule has 0 bridgehead atoms. The Balaban J connectivity index is 2.50. The lowest BCUT2D eigenvalue weighted by Crippen LogP contribution is -2.34. The second kappa shape index (κ2) is 5.75. The van der Waals surface area contributed by atoms with Crippen LogP contribution >= 0.6 is 0 Å². The minimum atomic E-state index is -0.590. The number of cyclic esters (lactones) is 1. The molecule has 0 aromatic heterocycles. The molecule has 0 aliphatic carbocycles. The number of hydrogen-bond acceptors (Lipinski definition) is 4.